The summed E-state index contributed by atoms with van der Waals surface area (Å²) in [5.41, 5.74) is 1.74. The van der Waals surface area contributed by atoms with Crippen molar-refractivity contribution in [2.45, 2.75) is 20.3 Å². The molecular weight excluding hydrogens is 247 g/mol. The summed E-state index contributed by atoms with van der Waals surface area (Å²) in [4.78, 5) is 18.5. The van der Waals surface area contributed by atoms with E-state index in [9.17, 15) is 9.18 Å². The Bertz CT molecular complexity index is 593. The molecule has 100 valence electrons. The van der Waals surface area contributed by atoms with Crippen molar-refractivity contribution in [2.24, 2.45) is 0 Å². The van der Waals surface area contributed by atoms with Gasteiger partial charge in [-0.05, 0) is 31.0 Å². The van der Waals surface area contributed by atoms with Gasteiger partial charge in [0.1, 0.15) is 17.3 Å². The number of carbonyl (C=O) groups excluding carboxylic acids is 1. The molecule has 0 bridgehead atoms. The fraction of sp³-hybridized carbons (Fsp3) is 0.286. The van der Waals surface area contributed by atoms with Gasteiger partial charge in [0.15, 0.2) is 0 Å². The SMILES string of the molecule is CCOC(=O)c1cnc(Cc2cccc(F)c2C)[nH]1. The monoisotopic (exact) mass is 262 g/mol. The van der Waals surface area contributed by atoms with Gasteiger partial charge in [-0.3, -0.25) is 0 Å². The fourth-order valence-electron chi connectivity index (χ4n) is 1.79. The van der Waals surface area contributed by atoms with Crippen LogP contribution >= 0.6 is 0 Å². The molecular formula is C14H15FN2O2. The highest BCUT2D eigenvalue weighted by atomic mass is 19.1. The van der Waals surface area contributed by atoms with E-state index in [0.717, 1.165) is 5.56 Å². The van der Waals surface area contributed by atoms with Crippen LogP contribution in [0.1, 0.15) is 34.4 Å². The zero-order valence-electron chi connectivity index (χ0n) is 10.9. The van der Waals surface area contributed by atoms with E-state index in [2.05, 4.69) is 9.97 Å². The third kappa shape index (κ3) is 2.99. The summed E-state index contributed by atoms with van der Waals surface area (Å²) in [5, 5.41) is 0. The van der Waals surface area contributed by atoms with E-state index in [1.807, 2.05) is 6.07 Å². The largest absolute Gasteiger partial charge is 0.461 e. The van der Waals surface area contributed by atoms with Crippen molar-refractivity contribution < 1.29 is 13.9 Å². The van der Waals surface area contributed by atoms with Crippen LogP contribution in [0.3, 0.4) is 0 Å². The van der Waals surface area contributed by atoms with Crippen LogP contribution in [0.25, 0.3) is 0 Å². The highest BCUT2D eigenvalue weighted by Crippen LogP contribution is 2.15. The predicted molar refractivity (Wildman–Crippen MR) is 68.5 cm³/mol. The van der Waals surface area contributed by atoms with Crippen LogP contribution in [0.15, 0.2) is 24.4 Å². The molecule has 2 aromatic rings. The van der Waals surface area contributed by atoms with E-state index in [4.69, 9.17) is 4.74 Å². The van der Waals surface area contributed by atoms with Gasteiger partial charge < -0.3 is 9.72 Å². The summed E-state index contributed by atoms with van der Waals surface area (Å²) in [6, 6.07) is 4.92. The Labute approximate surface area is 110 Å². The molecule has 1 heterocycles. The second-order valence-corrected chi connectivity index (χ2v) is 4.16. The molecule has 1 N–H and O–H groups in total. The Balaban J connectivity index is 2.16. The number of nitrogens with one attached hydrogen (secondary N) is 1. The molecule has 0 amide bonds. The van der Waals surface area contributed by atoms with E-state index < -0.39 is 5.97 Å². The van der Waals surface area contributed by atoms with E-state index in [1.54, 1.807) is 19.9 Å². The Hall–Kier alpha value is -2.17. The minimum Gasteiger partial charge on any atom is -0.461 e. The van der Waals surface area contributed by atoms with Gasteiger partial charge in [0.05, 0.1) is 12.8 Å². The number of halogens is 1. The first-order chi connectivity index (χ1) is 9.11. The van der Waals surface area contributed by atoms with Gasteiger partial charge in [-0.2, -0.15) is 0 Å². The molecule has 0 saturated carbocycles. The lowest BCUT2D eigenvalue weighted by atomic mass is 10.1. The Kier molecular flexibility index (Phi) is 3.94. The van der Waals surface area contributed by atoms with Crippen LogP contribution in [0.4, 0.5) is 4.39 Å². The zero-order valence-corrected chi connectivity index (χ0v) is 10.9. The number of nitrogens with zero attached hydrogens (tertiary/aromatic N) is 1. The molecule has 0 aliphatic rings. The number of H-pyrrole nitrogens is 1. The molecule has 0 spiro atoms. The van der Waals surface area contributed by atoms with Crippen LogP contribution in [0, 0.1) is 12.7 Å². The number of carbonyl (C=O) groups is 1. The van der Waals surface area contributed by atoms with Gasteiger partial charge in [0.2, 0.25) is 0 Å². The molecule has 0 unspecified atom stereocenters. The maximum atomic E-state index is 13.4. The first-order valence-electron chi connectivity index (χ1n) is 6.06. The molecule has 0 fully saturated rings. The van der Waals surface area contributed by atoms with Crippen LogP contribution in [0.5, 0.6) is 0 Å². The first kappa shape index (κ1) is 13.3. The summed E-state index contributed by atoms with van der Waals surface area (Å²) in [6.45, 7) is 3.78. The third-order valence-electron chi connectivity index (χ3n) is 2.86. The summed E-state index contributed by atoms with van der Waals surface area (Å²) in [7, 11) is 0. The number of esters is 1. The molecule has 19 heavy (non-hydrogen) atoms. The topological polar surface area (TPSA) is 55.0 Å². The van der Waals surface area contributed by atoms with Crippen molar-refractivity contribution in [3.8, 4) is 0 Å². The number of rotatable bonds is 4. The van der Waals surface area contributed by atoms with Gasteiger partial charge in [-0.25, -0.2) is 14.2 Å². The van der Waals surface area contributed by atoms with Crippen LogP contribution in [-0.4, -0.2) is 22.5 Å². The van der Waals surface area contributed by atoms with E-state index >= 15 is 0 Å². The Morgan fingerprint density at radius 3 is 3.00 bits per heavy atom. The lowest BCUT2D eigenvalue weighted by Crippen LogP contribution is -2.05. The lowest BCUT2D eigenvalue weighted by molar-refractivity contribution is 0.0520. The summed E-state index contributed by atoms with van der Waals surface area (Å²) < 4.78 is 18.3. The minimum absolute atomic E-state index is 0.241. The van der Waals surface area contributed by atoms with Crippen LogP contribution in [0.2, 0.25) is 0 Å². The van der Waals surface area contributed by atoms with Gasteiger partial charge in [0.25, 0.3) is 0 Å². The first-order valence-corrected chi connectivity index (χ1v) is 6.06. The third-order valence-corrected chi connectivity index (χ3v) is 2.86. The average molecular weight is 262 g/mol. The molecule has 0 aliphatic carbocycles. The molecule has 5 heteroatoms. The molecule has 1 aromatic carbocycles. The number of benzene rings is 1. The number of ether oxygens (including phenoxy) is 1. The molecule has 2 rings (SSSR count). The predicted octanol–water partition coefficient (Wildman–Crippen LogP) is 2.62. The van der Waals surface area contributed by atoms with Crippen molar-refractivity contribution in [2.75, 3.05) is 6.61 Å². The number of hydrogen-bond donors (Lipinski definition) is 1. The standard InChI is InChI=1S/C14H15FN2O2/c1-3-19-14(18)12-8-16-13(17-12)7-10-5-4-6-11(15)9(10)2/h4-6,8H,3,7H2,1-2H3,(H,16,17). The molecule has 0 atom stereocenters. The second kappa shape index (κ2) is 5.65. The van der Waals surface area contributed by atoms with Gasteiger partial charge in [0, 0.05) is 6.42 Å². The molecule has 0 radical (unpaired) electrons. The fourth-order valence-corrected chi connectivity index (χ4v) is 1.79. The van der Waals surface area contributed by atoms with E-state index in [1.165, 1.54) is 12.3 Å². The maximum Gasteiger partial charge on any atom is 0.356 e. The minimum atomic E-state index is -0.433. The molecule has 4 nitrogen and oxygen atoms in total. The zero-order chi connectivity index (χ0) is 13.8. The second-order valence-electron chi connectivity index (χ2n) is 4.16. The quantitative estimate of drug-likeness (QED) is 0.862. The van der Waals surface area contributed by atoms with Crippen molar-refractivity contribution in [3.63, 3.8) is 0 Å². The molecule has 0 aliphatic heterocycles. The van der Waals surface area contributed by atoms with Crippen molar-refractivity contribution in [1.82, 2.24) is 9.97 Å². The maximum absolute atomic E-state index is 13.4. The lowest BCUT2D eigenvalue weighted by Gasteiger charge is -2.04. The van der Waals surface area contributed by atoms with Gasteiger partial charge in [-0.15, -0.1) is 0 Å². The smallest absolute Gasteiger partial charge is 0.356 e. The van der Waals surface area contributed by atoms with Crippen LogP contribution < -0.4 is 0 Å². The van der Waals surface area contributed by atoms with E-state index in [0.29, 0.717) is 30.1 Å². The average Bonchev–Trinajstić information content (AvgIpc) is 2.84. The van der Waals surface area contributed by atoms with Crippen molar-refractivity contribution >= 4 is 5.97 Å². The Morgan fingerprint density at radius 2 is 2.26 bits per heavy atom. The Morgan fingerprint density at radius 1 is 1.47 bits per heavy atom. The number of hydrogen-bond acceptors (Lipinski definition) is 3. The van der Waals surface area contributed by atoms with Crippen molar-refractivity contribution in [3.05, 3.63) is 52.9 Å². The summed E-state index contributed by atoms with van der Waals surface area (Å²) in [5.74, 6) is -0.0661. The summed E-state index contributed by atoms with van der Waals surface area (Å²) in [6.07, 6.45) is 1.88. The normalized spacial score (nSPS) is 10.5. The highest BCUT2D eigenvalue weighted by Gasteiger charge is 2.11. The number of imidazole rings is 1. The molecule has 1 aromatic heterocycles. The molecule has 0 saturated heterocycles. The van der Waals surface area contributed by atoms with Crippen LogP contribution in [-0.2, 0) is 11.2 Å². The highest BCUT2D eigenvalue weighted by molar-refractivity contribution is 5.86. The van der Waals surface area contributed by atoms with Gasteiger partial charge in [-0.1, -0.05) is 12.1 Å². The van der Waals surface area contributed by atoms with E-state index in [-0.39, 0.29) is 5.82 Å². The number of aromatic amines is 1. The van der Waals surface area contributed by atoms with Crippen molar-refractivity contribution in [1.29, 1.82) is 0 Å². The summed E-state index contributed by atoms with van der Waals surface area (Å²) >= 11 is 0. The van der Waals surface area contributed by atoms with Gasteiger partial charge >= 0.3 is 5.97 Å². The number of aromatic nitrogens is 2.